The Morgan fingerprint density at radius 2 is 1.68 bits per heavy atom. The molecule has 4 rings (SSSR count). The standard InChI is InChI=1S/C18H13NOS.BrH/c1-12-17(14-9-5-6-10-15(14)19-12)18-20-16(11-21-18)13-7-3-2-4-8-13;/h2-11H,1H3;1H/b18-17-;. The first kappa shape index (κ1) is 15.1. The minimum atomic E-state index is 0. The number of fused-ring (bicyclic) bond motifs is 1. The van der Waals surface area contributed by atoms with Crippen LogP contribution in [0.15, 0.2) is 65.1 Å². The number of thioether (sulfide) groups is 1. The average molecular weight is 372 g/mol. The Morgan fingerprint density at radius 1 is 0.955 bits per heavy atom. The van der Waals surface area contributed by atoms with Crippen molar-refractivity contribution in [1.82, 2.24) is 0 Å². The van der Waals surface area contributed by atoms with E-state index in [0.717, 1.165) is 33.4 Å². The molecule has 110 valence electrons. The second-order valence-corrected chi connectivity index (χ2v) is 5.87. The highest BCUT2D eigenvalue weighted by atomic mass is 79.9. The summed E-state index contributed by atoms with van der Waals surface area (Å²) in [6.07, 6.45) is 0. The predicted octanol–water partition coefficient (Wildman–Crippen LogP) is 0.308. The second kappa shape index (κ2) is 6.15. The molecule has 2 nitrogen and oxygen atoms in total. The summed E-state index contributed by atoms with van der Waals surface area (Å²) in [4.78, 5) is 3.42. The third-order valence-electron chi connectivity index (χ3n) is 3.63. The zero-order valence-electron chi connectivity index (χ0n) is 12.0. The highest BCUT2D eigenvalue weighted by Gasteiger charge is 2.31. The predicted molar refractivity (Wildman–Crippen MR) is 87.8 cm³/mol. The van der Waals surface area contributed by atoms with Gasteiger partial charge in [0.1, 0.15) is 11.3 Å². The van der Waals surface area contributed by atoms with E-state index in [2.05, 4.69) is 47.7 Å². The second-order valence-electron chi connectivity index (χ2n) is 5.03. The molecule has 1 N–H and O–H groups in total. The van der Waals surface area contributed by atoms with Crippen LogP contribution in [0.1, 0.15) is 18.1 Å². The molecule has 0 spiro atoms. The third kappa shape index (κ3) is 2.53. The van der Waals surface area contributed by atoms with Crippen molar-refractivity contribution in [1.29, 1.82) is 0 Å². The molecule has 0 radical (unpaired) electrons. The molecular weight excluding hydrogens is 358 g/mol. The molecule has 0 amide bonds. The van der Waals surface area contributed by atoms with Crippen molar-refractivity contribution in [3.63, 3.8) is 0 Å². The molecule has 4 heteroatoms. The molecule has 0 aromatic heterocycles. The van der Waals surface area contributed by atoms with Gasteiger partial charge in [-0.25, -0.2) is 4.99 Å². The molecule has 0 saturated carbocycles. The van der Waals surface area contributed by atoms with Gasteiger partial charge in [-0.3, -0.25) is 0 Å². The highest BCUT2D eigenvalue weighted by Crippen LogP contribution is 2.42. The molecule has 0 bridgehead atoms. The molecule has 0 saturated heterocycles. The van der Waals surface area contributed by atoms with Gasteiger partial charge in [0.2, 0.25) is 5.69 Å². The number of ether oxygens (including phenoxy) is 1. The van der Waals surface area contributed by atoms with Crippen molar-refractivity contribution < 1.29 is 26.7 Å². The lowest BCUT2D eigenvalue weighted by atomic mass is 10.1. The van der Waals surface area contributed by atoms with E-state index >= 15 is 0 Å². The lowest BCUT2D eigenvalue weighted by Crippen LogP contribution is -3.00. The number of hydrogen-bond donors (Lipinski definition) is 1. The number of allylic oxidation sites excluding steroid dienone is 1. The third-order valence-corrected chi connectivity index (χ3v) is 4.47. The van der Waals surface area contributed by atoms with Crippen LogP contribution in [0.2, 0.25) is 0 Å². The van der Waals surface area contributed by atoms with E-state index in [1.54, 1.807) is 11.8 Å². The number of para-hydroxylation sites is 1. The summed E-state index contributed by atoms with van der Waals surface area (Å²) in [5.74, 6) is 0.917. The number of rotatable bonds is 1. The summed E-state index contributed by atoms with van der Waals surface area (Å²) in [5, 5.41) is 3.02. The molecular formula is C18H14BrNOS. The first-order valence-corrected chi connectivity index (χ1v) is 7.75. The number of hydrogen-bond acceptors (Lipinski definition) is 2. The lowest BCUT2D eigenvalue weighted by Gasteiger charge is -2.06. The quantitative estimate of drug-likeness (QED) is 0.779. The Hall–Kier alpha value is -1.78. The van der Waals surface area contributed by atoms with E-state index in [9.17, 15) is 0 Å². The monoisotopic (exact) mass is 371 g/mol. The van der Waals surface area contributed by atoms with Crippen LogP contribution in [0.25, 0.3) is 11.3 Å². The molecule has 2 aromatic rings. The zero-order chi connectivity index (χ0) is 14.2. The summed E-state index contributed by atoms with van der Waals surface area (Å²) in [7, 11) is 0. The maximum absolute atomic E-state index is 6.10. The maximum atomic E-state index is 6.10. The van der Waals surface area contributed by atoms with E-state index in [4.69, 9.17) is 4.74 Å². The summed E-state index contributed by atoms with van der Waals surface area (Å²) < 4.78 is 6.10. The van der Waals surface area contributed by atoms with Crippen LogP contribution in [0.4, 0.5) is 5.69 Å². The Kier molecular flexibility index (Phi) is 4.23. The van der Waals surface area contributed by atoms with E-state index in [1.807, 2.05) is 24.3 Å². The van der Waals surface area contributed by atoms with Crippen LogP contribution in [-0.4, -0.2) is 5.71 Å². The SMILES string of the molecule is CC1=[NH+]c2ccccc2/C1=C1/OC(c2ccccc2)=CS1.[Br-]. The number of benzene rings is 2. The lowest BCUT2D eigenvalue weighted by molar-refractivity contribution is -0.349. The van der Waals surface area contributed by atoms with Crippen molar-refractivity contribution in [3.8, 4) is 0 Å². The summed E-state index contributed by atoms with van der Waals surface area (Å²) in [6, 6.07) is 18.5. The maximum Gasteiger partial charge on any atom is 0.212 e. The van der Waals surface area contributed by atoms with Crippen molar-refractivity contribution in [2.24, 2.45) is 0 Å². The van der Waals surface area contributed by atoms with Crippen molar-refractivity contribution >= 4 is 34.5 Å². The topological polar surface area (TPSA) is 23.2 Å². The Morgan fingerprint density at radius 3 is 2.50 bits per heavy atom. The van der Waals surface area contributed by atoms with Crippen LogP contribution in [-0.2, 0) is 4.74 Å². The molecule has 0 atom stereocenters. The first-order valence-electron chi connectivity index (χ1n) is 6.87. The van der Waals surface area contributed by atoms with Crippen LogP contribution in [0.3, 0.4) is 0 Å². The van der Waals surface area contributed by atoms with E-state index in [-0.39, 0.29) is 17.0 Å². The van der Waals surface area contributed by atoms with Crippen molar-refractivity contribution in [3.05, 3.63) is 76.2 Å². The van der Waals surface area contributed by atoms with E-state index < -0.39 is 0 Å². The number of halogens is 1. The van der Waals surface area contributed by atoms with Gasteiger partial charge in [0.25, 0.3) is 0 Å². The first-order chi connectivity index (χ1) is 10.3. The largest absolute Gasteiger partial charge is 1.00 e. The molecule has 22 heavy (non-hydrogen) atoms. The highest BCUT2D eigenvalue weighted by molar-refractivity contribution is 8.06. The fraction of sp³-hybridized carbons (Fsp3) is 0.0556. The Balaban J connectivity index is 0.00000144. The molecule has 0 unspecified atom stereocenters. The van der Waals surface area contributed by atoms with Gasteiger partial charge in [-0.2, -0.15) is 0 Å². The van der Waals surface area contributed by atoms with Gasteiger partial charge in [-0.05, 0) is 6.07 Å². The van der Waals surface area contributed by atoms with Gasteiger partial charge in [0, 0.05) is 24.0 Å². The van der Waals surface area contributed by atoms with Gasteiger partial charge in [0.15, 0.2) is 10.8 Å². The van der Waals surface area contributed by atoms with Crippen molar-refractivity contribution in [2.45, 2.75) is 6.92 Å². The normalized spacial score (nSPS) is 19.0. The Labute approximate surface area is 144 Å². The summed E-state index contributed by atoms with van der Waals surface area (Å²) >= 11 is 1.64. The van der Waals surface area contributed by atoms with Crippen molar-refractivity contribution in [2.75, 3.05) is 0 Å². The molecule has 2 heterocycles. The fourth-order valence-corrected chi connectivity index (χ4v) is 3.55. The molecule has 2 aromatic carbocycles. The van der Waals surface area contributed by atoms with Crippen LogP contribution in [0, 0.1) is 0 Å². The van der Waals surface area contributed by atoms with E-state index in [0.29, 0.717) is 0 Å². The van der Waals surface area contributed by atoms with Crippen LogP contribution < -0.4 is 22.0 Å². The average Bonchev–Trinajstić information content (AvgIpc) is 3.11. The van der Waals surface area contributed by atoms with Gasteiger partial charge >= 0.3 is 0 Å². The molecule has 0 fully saturated rings. The smallest absolute Gasteiger partial charge is 0.212 e. The van der Waals surface area contributed by atoms with Crippen LogP contribution >= 0.6 is 11.8 Å². The summed E-state index contributed by atoms with van der Waals surface area (Å²) in [6.45, 7) is 2.09. The molecule has 2 aliphatic rings. The Bertz CT molecular complexity index is 809. The van der Waals surface area contributed by atoms with Gasteiger partial charge in [0.05, 0.1) is 5.56 Å². The number of nitrogens with one attached hydrogen (secondary N) is 1. The molecule has 0 aliphatic carbocycles. The van der Waals surface area contributed by atoms with Gasteiger partial charge in [-0.15, -0.1) is 0 Å². The minimum absolute atomic E-state index is 0. The van der Waals surface area contributed by atoms with Crippen LogP contribution in [0.5, 0.6) is 0 Å². The fourth-order valence-electron chi connectivity index (χ4n) is 2.63. The van der Waals surface area contributed by atoms with E-state index in [1.165, 1.54) is 5.56 Å². The summed E-state index contributed by atoms with van der Waals surface area (Å²) in [5.41, 5.74) is 5.77. The van der Waals surface area contributed by atoms with Gasteiger partial charge < -0.3 is 21.7 Å². The molecule has 2 aliphatic heterocycles. The zero-order valence-corrected chi connectivity index (χ0v) is 14.4. The van der Waals surface area contributed by atoms with Gasteiger partial charge in [-0.1, -0.05) is 54.2 Å². The minimum Gasteiger partial charge on any atom is -1.00 e.